The molecule has 0 aliphatic heterocycles. The van der Waals surface area contributed by atoms with Crippen molar-refractivity contribution in [3.05, 3.63) is 29.8 Å². The maximum atomic E-state index is 11.8. The molecule has 0 saturated heterocycles. The van der Waals surface area contributed by atoms with Gasteiger partial charge in [0.2, 0.25) is 11.8 Å². The molecule has 1 atom stereocenters. The second kappa shape index (κ2) is 6.67. The van der Waals surface area contributed by atoms with E-state index in [1.165, 1.54) is 11.8 Å². The van der Waals surface area contributed by atoms with Gasteiger partial charge in [-0.15, -0.1) is 11.8 Å². The Morgan fingerprint density at radius 3 is 2.89 bits per heavy atom. The SMILES string of the molecule is CC(SCC(N)=O)C(=O)Nc1cccc(C#N)c1. The highest BCUT2D eigenvalue weighted by molar-refractivity contribution is 8.01. The molecule has 3 N–H and O–H groups in total. The lowest BCUT2D eigenvalue weighted by Gasteiger charge is -2.11. The quantitative estimate of drug-likeness (QED) is 0.831. The van der Waals surface area contributed by atoms with E-state index < -0.39 is 5.91 Å². The van der Waals surface area contributed by atoms with Gasteiger partial charge in [-0.2, -0.15) is 5.26 Å². The predicted molar refractivity (Wildman–Crippen MR) is 70.9 cm³/mol. The molecule has 0 bridgehead atoms. The van der Waals surface area contributed by atoms with Crippen LogP contribution >= 0.6 is 11.8 Å². The van der Waals surface area contributed by atoms with E-state index in [2.05, 4.69) is 5.32 Å². The highest BCUT2D eigenvalue weighted by atomic mass is 32.2. The summed E-state index contributed by atoms with van der Waals surface area (Å²) in [5.41, 5.74) is 6.04. The van der Waals surface area contributed by atoms with Crippen LogP contribution in [0, 0.1) is 11.3 Å². The second-order valence-corrected chi connectivity index (χ2v) is 4.93. The summed E-state index contributed by atoms with van der Waals surface area (Å²) in [6.07, 6.45) is 0. The average molecular weight is 263 g/mol. The Morgan fingerprint density at radius 1 is 1.56 bits per heavy atom. The Kier molecular flexibility index (Phi) is 5.21. The molecule has 18 heavy (non-hydrogen) atoms. The molecular weight excluding hydrogens is 250 g/mol. The molecule has 5 nitrogen and oxygen atoms in total. The molecule has 0 fully saturated rings. The summed E-state index contributed by atoms with van der Waals surface area (Å²) in [7, 11) is 0. The van der Waals surface area contributed by atoms with E-state index in [-0.39, 0.29) is 16.9 Å². The van der Waals surface area contributed by atoms with Crippen molar-refractivity contribution in [2.45, 2.75) is 12.2 Å². The first-order valence-electron chi connectivity index (χ1n) is 5.24. The van der Waals surface area contributed by atoms with E-state index >= 15 is 0 Å². The second-order valence-electron chi connectivity index (χ2n) is 3.60. The number of anilines is 1. The number of hydrogen-bond donors (Lipinski definition) is 2. The van der Waals surface area contributed by atoms with Crippen molar-refractivity contribution >= 4 is 29.3 Å². The summed E-state index contributed by atoms with van der Waals surface area (Å²) in [6.45, 7) is 1.69. The molecule has 6 heteroatoms. The summed E-state index contributed by atoms with van der Waals surface area (Å²) in [5, 5.41) is 11.0. The molecule has 0 spiro atoms. The van der Waals surface area contributed by atoms with Gasteiger partial charge in [-0.05, 0) is 25.1 Å². The van der Waals surface area contributed by atoms with Gasteiger partial charge in [0.05, 0.1) is 22.6 Å². The van der Waals surface area contributed by atoms with Crippen LogP contribution < -0.4 is 11.1 Å². The number of carbonyl (C=O) groups excluding carboxylic acids is 2. The third-order valence-corrected chi connectivity index (χ3v) is 3.27. The van der Waals surface area contributed by atoms with Crippen molar-refractivity contribution in [3.63, 3.8) is 0 Å². The molecule has 1 aromatic rings. The summed E-state index contributed by atoms with van der Waals surface area (Å²) in [5.74, 6) is -0.574. The number of nitriles is 1. The van der Waals surface area contributed by atoms with Gasteiger partial charge in [0.25, 0.3) is 0 Å². The van der Waals surface area contributed by atoms with E-state index in [0.29, 0.717) is 11.3 Å². The van der Waals surface area contributed by atoms with Gasteiger partial charge in [0.1, 0.15) is 0 Å². The molecule has 2 amide bonds. The van der Waals surface area contributed by atoms with Crippen LogP contribution in [0.1, 0.15) is 12.5 Å². The fourth-order valence-electron chi connectivity index (χ4n) is 1.19. The Morgan fingerprint density at radius 2 is 2.28 bits per heavy atom. The van der Waals surface area contributed by atoms with Gasteiger partial charge in [-0.1, -0.05) is 6.07 Å². The fraction of sp³-hybridized carbons (Fsp3) is 0.250. The third kappa shape index (κ3) is 4.47. The Hall–Kier alpha value is -2.00. The van der Waals surface area contributed by atoms with E-state index in [1.54, 1.807) is 31.2 Å². The van der Waals surface area contributed by atoms with Gasteiger partial charge in [0.15, 0.2) is 0 Å². The predicted octanol–water partition coefficient (Wildman–Crippen LogP) is 1.10. The van der Waals surface area contributed by atoms with Gasteiger partial charge < -0.3 is 11.1 Å². The molecule has 94 valence electrons. The van der Waals surface area contributed by atoms with Crippen LogP contribution in [0.3, 0.4) is 0 Å². The molecule has 0 radical (unpaired) electrons. The van der Waals surface area contributed by atoms with Gasteiger partial charge in [-0.25, -0.2) is 0 Å². The third-order valence-electron chi connectivity index (χ3n) is 2.10. The Bertz CT molecular complexity index is 496. The number of rotatable bonds is 5. The average Bonchev–Trinajstić information content (AvgIpc) is 2.36. The highest BCUT2D eigenvalue weighted by Crippen LogP contribution is 2.14. The van der Waals surface area contributed by atoms with Crippen molar-refractivity contribution in [2.75, 3.05) is 11.1 Å². The lowest BCUT2D eigenvalue weighted by molar-refractivity contribution is -0.115. The number of nitrogens with zero attached hydrogens (tertiary/aromatic N) is 1. The zero-order valence-electron chi connectivity index (χ0n) is 9.84. The number of carbonyl (C=O) groups is 2. The van der Waals surface area contributed by atoms with Crippen LogP contribution in [0.15, 0.2) is 24.3 Å². The normalized spacial score (nSPS) is 11.3. The molecule has 1 unspecified atom stereocenters. The van der Waals surface area contributed by atoms with Crippen LogP contribution in [0.25, 0.3) is 0 Å². The molecular formula is C12H13N3O2S. The van der Waals surface area contributed by atoms with Crippen LogP contribution in [0.4, 0.5) is 5.69 Å². The standard InChI is InChI=1S/C12H13N3O2S/c1-8(18-7-11(14)16)12(17)15-10-4-2-3-9(5-10)6-13/h2-5,8H,7H2,1H3,(H2,14,16)(H,15,17). The number of amides is 2. The topological polar surface area (TPSA) is 96.0 Å². The number of thioether (sulfide) groups is 1. The molecule has 0 aliphatic carbocycles. The summed E-state index contributed by atoms with van der Waals surface area (Å²) >= 11 is 1.17. The van der Waals surface area contributed by atoms with Crippen LogP contribution in [0.5, 0.6) is 0 Å². The van der Waals surface area contributed by atoms with Crippen molar-refractivity contribution < 1.29 is 9.59 Å². The minimum absolute atomic E-state index is 0.104. The first kappa shape index (κ1) is 14.1. The smallest absolute Gasteiger partial charge is 0.237 e. The first-order valence-corrected chi connectivity index (χ1v) is 6.28. The number of nitrogens with two attached hydrogens (primary N) is 1. The van der Waals surface area contributed by atoms with Crippen molar-refractivity contribution in [1.29, 1.82) is 5.26 Å². The van der Waals surface area contributed by atoms with Crippen molar-refractivity contribution in [2.24, 2.45) is 5.73 Å². The minimum atomic E-state index is -0.453. The van der Waals surface area contributed by atoms with Gasteiger partial charge >= 0.3 is 0 Å². The molecule has 0 aromatic heterocycles. The molecule has 0 heterocycles. The molecule has 1 rings (SSSR count). The van der Waals surface area contributed by atoms with Crippen molar-refractivity contribution in [3.8, 4) is 6.07 Å². The number of hydrogen-bond acceptors (Lipinski definition) is 4. The van der Waals surface area contributed by atoms with E-state index in [0.717, 1.165) is 0 Å². The maximum Gasteiger partial charge on any atom is 0.237 e. The van der Waals surface area contributed by atoms with Crippen LogP contribution in [-0.4, -0.2) is 22.8 Å². The summed E-state index contributed by atoms with van der Waals surface area (Å²) in [6, 6.07) is 8.62. The van der Waals surface area contributed by atoms with Crippen LogP contribution in [-0.2, 0) is 9.59 Å². The minimum Gasteiger partial charge on any atom is -0.369 e. The zero-order chi connectivity index (χ0) is 13.5. The highest BCUT2D eigenvalue weighted by Gasteiger charge is 2.14. The Labute approximate surface area is 109 Å². The monoisotopic (exact) mass is 263 g/mol. The Balaban J connectivity index is 2.58. The summed E-state index contributed by atoms with van der Waals surface area (Å²) < 4.78 is 0. The lowest BCUT2D eigenvalue weighted by Crippen LogP contribution is -2.25. The molecule has 0 saturated carbocycles. The lowest BCUT2D eigenvalue weighted by atomic mass is 10.2. The van der Waals surface area contributed by atoms with Crippen molar-refractivity contribution in [1.82, 2.24) is 0 Å². The first-order chi connectivity index (χ1) is 8.52. The summed E-state index contributed by atoms with van der Waals surface area (Å²) in [4.78, 5) is 22.4. The van der Waals surface area contributed by atoms with E-state index in [9.17, 15) is 9.59 Å². The molecule has 0 aliphatic rings. The number of benzene rings is 1. The maximum absolute atomic E-state index is 11.8. The van der Waals surface area contributed by atoms with E-state index in [4.69, 9.17) is 11.0 Å². The molecule has 1 aromatic carbocycles. The zero-order valence-corrected chi connectivity index (χ0v) is 10.7. The van der Waals surface area contributed by atoms with E-state index in [1.807, 2.05) is 6.07 Å². The largest absolute Gasteiger partial charge is 0.369 e. The fourth-order valence-corrected chi connectivity index (χ4v) is 1.82. The number of primary amides is 1. The van der Waals surface area contributed by atoms with Crippen LogP contribution in [0.2, 0.25) is 0 Å². The number of nitrogens with one attached hydrogen (secondary N) is 1. The van der Waals surface area contributed by atoms with Gasteiger partial charge in [-0.3, -0.25) is 9.59 Å². The van der Waals surface area contributed by atoms with Gasteiger partial charge in [0, 0.05) is 5.69 Å².